The lowest BCUT2D eigenvalue weighted by Crippen LogP contribution is -2.45. The third-order valence-corrected chi connectivity index (χ3v) is 4.58. The van der Waals surface area contributed by atoms with E-state index in [0.717, 1.165) is 12.8 Å². The maximum Gasteiger partial charge on any atom is 0.272 e. The van der Waals surface area contributed by atoms with Crippen molar-refractivity contribution in [2.75, 3.05) is 18.0 Å². The minimum Gasteiger partial charge on any atom is -0.463 e. The van der Waals surface area contributed by atoms with Crippen molar-refractivity contribution in [2.45, 2.75) is 25.8 Å². The highest BCUT2D eigenvalue weighted by molar-refractivity contribution is 5.93. The first-order valence-electron chi connectivity index (χ1n) is 8.81. The minimum absolute atomic E-state index is 0.0500. The van der Waals surface area contributed by atoms with E-state index in [-0.39, 0.29) is 17.5 Å². The number of aromatic nitrogens is 4. The monoisotopic (exact) mass is 368 g/mol. The number of amides is 1. The summed E-state index contributed by atoms with van der Waals surface area (Å²) in [6.07, 6.45) is 3.09. The van der Waals surface area contributed by atoms with Crippen molar-refractivity contribution < 1.29 is 9.21 Å². The minimum atomic E-state index is -0.218. The van der Waals surface area contributed by atoms with E-state index in [1.807, 2.05) is 4.90 Å². The number of hydrogen-bond acceptors (Lipinski definition) is 6. The average Bonchev–Trinajstić information content (AvgIpc) is 3.33. The summed E-state index contributed by atoms with van der Waals surface area (Å²) in [7, 11) is 0. The van der Waals surface area contributed by atoms with Gasteiger partial charge >= 0.3 is 0 Å². The van der Waals surface area contributed by atoms with Gasteiger partial charge in [-0.15, -0.1) is 0 Å². The normalized spacial score (nSPS) is 15.1. The molecule has 0 bridgehead atoms. The molecule has 1 amide bonds. The molecular weight excluding hydrogens is 348 g/mol. The molecule has 0 atom stereocenters. The molecule has 3 aromatic rings. The molecule has 3 N–H and O–H groups in total. The van der Waals surface area contributed by atoms with Crippen LogP contribution in [0.4, 0.5) is 5.95 Å². The van der Waals surface area contributed by atoms with Gasteiger partial charge in [-0.05, 0) is 31.9 Å². The van der Waals surface area contributed by atoms with Crippen molar-refractivity contribution in [3.05, 3.63) is 52.3 Å². The lowest BCUT2D eigenvalue weighted by molar-refractivity contribution is 0.0926. The second-order valence-corrected chi connectivity index (χ2v) is 6.59. The molecule has 4 rings (SSSR count). The van der Waals surface area contributed by atoms with Crippen molar-refractivity contribution in [1.82, 2.24) is 25.5 Å². The molecule has 4 heterocycles. The molecule has 3 aromatic heterocycles. The van der Waals surface area contributed by atoms with E-state index in [0.29, 0.717) is 41.9 Å². The predicted molar refractivity (Wildman–Crippen MR) is 98.6 cm³/mol. The Morgan fingerprint density at radius 2 is 2.15 bits per heavy atom. The van der Waals surface area contributed by atoms with Gasteiger partial charge in [0.05, 0.1) is 6.26 Å². The van der Waals surface area contributed by atoms with E-state index >= 15 is 0 Å². The molecule has 9 nitrogen and oxygen atoms in total. The highest BCUT2D eigenvalue weighted by Gasteiger charge is 2.23. The van der Waals surface area contributed by atoms with Crippen molar-refractivity contribution in [3.8, 4) is 11.5 Å². The lowest BCUT2D eigenvalue weighted by Gasteiger charge is -2.32. The summed E-state index contributed by atoms with van der Waals surface area (Å²) in [6.45, 7) is 3.21. The van der Waals surface area contributed by atoms with Crippen molar-refractivity contribution in [2.24, 2.45) is 0 Å². The molecular formula is C18H20N6O3. The third kappa shape index (κ3) is 3.76. The summed E-state index contributed by atoms with van der Waals surface area (Å²) in [5, 5.41) is 9.89. The molecule has 0 spiro atoms. The summed E-state index contributed by atoms with van der Waals surface area (Å²) in [6, 6.07) is 6.77. The van der Waals surface area contributed by atoms with Crippen LogP contribution in [0.25, 0.3) is 11.5 Å². The SMILES string of the molecule is Cc1cc(=O)[nH]c(N2CCC(NC(=O)c3cc(-c4ccco4)[nH]n3)CC2)n1. The fraction of sp³-hybridized carbons (Fsp3) is 0.333. The van der Waals surface area contributed by atoms with Gasteiger partial charge in [0, 0.05) is 37.0 Å². The van der Waals surface area contributed by atoms with Gasteiger partial charge in [-0.3, -0.25) is 19.7 Å². The third-order valence-electron chi connectivity index (χ3n) is 4.58. The fourth-order valence-corrected chi connectivity index (χ4v) is 3.20. The lowest BCUT2D eigenvalue weighted by atomic mass is 10.1. The topological polar surface area (TPSA) is 120 Å². The first-order valence-corrected chi connectivity index (χ1v) is 8.81. The van der Waals surface area contributed by atoms with Gasteiger partial charge in [-0.2, -0.15) is 5.10 Å². The van der Waals surface area contributed by atoms with Gasteiger partial charge in [-0.1, -0.05) is 0 Å². The number of carbonyl (C=O) groups is 1. The van der Waals surface area contributed by atoms with E-state index in [4.69, 9.17) is 4.42 Å². The Kier molecular flexibility index (Phi) is 4.49. The van der Waals surface area contributed by atoms with Gasteiger partial charge in [0.15, 0.2) is 11.5 Å². The highest BCUT2D eigenvalue weighted by atomic mass is 16.3. The van der Waals surface area contributed by atoms with Gasteiger partial charge in [-0.25, -0.2) is 4.98 Å². The largest absolute Gasteiger partial charge is 0.463 e. The second kappa shape index (κ2) is 7.10. The Hall–Kier alpha value is -3.36. The fourth-order valence-electron chi connectivity index (χ4n) is 3.20. The number of aromatic amines is 2. The van der Waals surface area contributed by atoms with Crippen LogP contribution >= 0.6 is 0 Å². The second-order valence-electron chi connectivity index (χ2n) is 6.59. The summed E-state index contributed by atoms with van der Waals surface area (Å²) < 4.78 is 5.29. The number of rotatable bonds is 4. The quantitative estimate of drug-likeness (QED) is 0.641. The Bertz CT molecular complexity index is 983. The number of carbonyl (C=O) groups excluding carboxylic acids is 1. The van der Waals surface area contributed by atoms with Crippen LogP contribution in [-0.4, -0.2) is 45.2 Å². The zero-order valence-electron chi connectivity index (χ0n) is 14.9. The van der Waals surface area contributed by atoms with Crippen LogP contribution in [0.15, 0.2) is 39.7 Å². The molecule has 0 unspecified atom stereocenters. The average molecular weight is 368 g/mol. The van der Waals surface area contributed by atoms with Crippen molar-refractivity contribution in [3.63, 3.8) is 0 Å². The van der Waals surface area contributed by atoms with Gasteiger partial charge in [0.25, 0.3) is 11.5 Å². The molecule has 9 heteroatoms. The molecule has 140 valence electrons. The zero-order chi connectivity index (χ0) is 18.8. The molecule has 27 heavy (non-hydrogen) atoms. The molecule has 0 aliphatic carbocycles. The molecule has 1 aliphatic rings. The first-order chi connectivity index (χ1) is 13.1. The summed E-state index contributed by atoms with van der Waals surface area (Å²) >= 11 is 0. The van der Waals surface area contributed by atoms with E-state index in [9.17, 15) is 9.59 Å². The summed E-state index contributed by atoms with van der Waals surface area (Å²) in [5.74, 6) is 0.999. The van der Waals surface area contributed by atoms with Crippen molar-refractivity contribution in [1.29, 1.82) is 0 Å². The van der Waals surface area contributed by atoms with Gasteiger partial charge < -0.3 is 14.6 Å². The Labute approximate surface area is 154 Å². The van der Waals surface area contributed by atoms with Crippen LogP contribution < -0.4 is 15.8 Å². The van der Waals surface area contributed by atoms with Crippen LogP contribution in [0.3, 0.4) is 0 Å². The van der Waals surface area contributed by atoms with Gasteiger partial charge in [0.2, 0.25) is 5.95 Å². The molecule has 1 saturated heterocycles. The molecule has 1 aliphatic heterocycles. The zero-order valence-corrected chi connectivity index (χ0v) is 14.9. The predicted octanol–water partition coefficient (Wildman–Crippen LogP) is 1.46. The number of piperidine rings is 1. The number of furan rings is 1. The summed E-state index contributed by atoms with van der Waals surface area (Å²) in [4.78, 5) is 33.2. The number of anilines is 1. The Morgan fingerprint density at radius 1 is 1.33 bits per heavy atom. The van der Waals surface area contributed by atoms with Crippen molar-refractivity contribution >= 4 is 11.9 Å². The number of nitrogens with zero attached hydrogens (tertiary/aromatic N) is 3. The van der Waals surface area contributed by atoms with E-state index in [1.54, 1.807) is 31.4 Å². The summed E-state index contributed by atoms with van der Waals surface area (Å²) in [5.41, 5.74) is 1.52. The highest BCUT2D eigenvalue weighted by Crippen LogP contribution is 2.19. The van der Waals surface area contributed by atoms with Crippen LogP contribution in [0, 0.1) is 6.92 Å². The molecule has 0 saturated carbocycles. The number of H-pyrrole nitrogens is 2. The molecule has 0 aromatic carbocycles. The molecule has 1 fully saturated rings. The van der Waals surface area contributed by atoms with Crippen LogP contribution in [-0.2, 0) is 0 Å². The van der Waals surface area contributed by atoms with Crippen LogP contribution in [0.5, 0.6) is 0 Å². The molecule has 0 radical (unpaired) electrons. The maximum atomic E-state index is 12.4. The maximum absolute atomic E-state index is 12.4. The number of hydrogen-bond donors (Lipinski definition) is 3. The Morgan fingerprint density at radius 3 is 2.85 bits per heavy atom. The first kappa shape index (κ1) is 17.1. The van der Waals surface area contributed by atoms with E-state index in [2.05, 4.69) is 25.5 Å². The smallest absolute Gasteiger partial charge is 0.272 e. The standard InChI is InChI=1S/C18H20N6O3/c1-11-9-16(25)21-18(19-11)24-6-4-12(5-7-24)20-17(26)14-10-13(22-23-14)15-3-2-8-27-15/h2-3,8-10,12H,4-7H2,1H3,(H,20,26)(H,22,23)(H,19,21,25). The van der Waals surface area contributed by atoms with Gasteiger partial charge in [0.1, 0.15) is 5.69 Å². The Balaban J connectivity index is 1.35. The van der Waals surface area contributed by atoms with E-state index in [1.165, 1.54) is 6.07 Å². The van der Waals surface area contributed by atoms with Crippen LogP contribution in [0.1, 0.15) is 29.0 Å². The van der Waals surface area contributed by atoms with Crippen LogP contribution in [0.2, 0.25) is 0 Å². The number of aryl methyl sites for hydroxylation is 1. The number of nitrogens with one attached hydrogen (secondary N) is 3. The van der Waals surface area contributed by atoms with E-state index < -0.39 is 0 Å².